The molecule has 27 heavy (non-hydrogen) atoms. The Hall–Kier alpha value is -2.59. The zero-order chi connectivity index (χ0) is 19.2. The Labute approximate surface area is 152 Å². The summed E-state index contributed by atoms with van der Waals surface area (Å²) in [4.78, 5) is 18.0. The zero-order valence-corrected chi connectivity index (χ0v) is 14.3. The van der Waals surface area contributed by atoms with Gasteiger partial charge in [-0.2, -0.15) is 4.98 Å². The molecule has 2 aliphatic rings. The van der Waals surface area contributed by atoms with E-state index in [0.29, 0.717) is 50.7 Å². The largest absolute Gasteiger partial charge is 0.472 e. The van der Waals surface area contributed by atoms with E-state index in [0.717, 1.165) is 0 Å². The van der Waals surface area contributed by atoms with Crippen LogP contribution in [0, 0.1) is 17.5 Å². The second-order valence-electron chi connectivity index (χ2n) is 6.59. The average Bonchev–Trinajstić information content (AvgIpc) is 2.63. The minimum atomic E-state index is -1.28. The number of fused-ring (bicyclic) bond motifs is 3. The molecule has 1 aromatic carbocycles. The molecule has 0 radical (unpaired) electrons. The molecule has 7 nitrogen and oxygen atoms in total. The first kappa shape index (κ1) is 17.8. The molecule has 0 unspecified atom stereocenters. The Morgan fingerprint density at radius 2 is 1.96 bits per heavy atom. The first-order chi connectivity index (χ1) is 12.9. The Balaban J connectivity index is 1.62. The maximum absolute atomic E-state index is 13.7. The second-order valence-corrected chi connectivity index (χ2v) is 6.59. The van der Waals surface area contributed by atoms with Crippen molar-refractivity contribution in [3.05, 3.63) is 51.7 Å². The third-order valence-electron chi connectivity index (χ3n) is 4.82. The minimum Gasteiger partial charge on any atom is -0.472 e. The van der Waals surface area contributed by atoms with Gasteiger partial charge in [-0.3, -0.25) is 4.57 Å². The van der Waals surface area contributed by atoms with Crippen molar-refractivity contribution in [2.75, 3.05) is 24.7 Å². The van der Waals surface area contributed by atoms with Crippen LogP contribution >= 0.6 is 0 Å². The number of hydrogen-bond donors (Lipinski definition) is 1. The molecule has 1 atom stereocenters. The van der Waals surface area contributed by atoms with Crippen molar-refractivity contribution in [2.24, 2.45) is 5.73 Å². The molecule has 10 heteroatoms. The highest BCUT2D eigenvalue weighted by molar-refractivity contribution is 5.47. The van der Waals surface area contributed by atoms with Crippen LogP contribution in [0.25, 0.3) is 0 Å². The number of rotatable bonds is 3. The fourth-order valence-electron chi connectivity index (χ4n) is 3.37. The molecule has 1 aromatic heterocycles. The molecule has 0 saturated carbocycles. The molecular formula is C17H17F3N4O3. The van der Waals surface area contributed by atoms with Gasteiger partial charge in [-0.1, -0.05) is 0 Å². The molecule has 2 aromatic rings. The Bertz CT molecular complexity index is 952. The molecule has 144 valence electrons. The molecule has 1 saturated heterocycles. The highest BCUT2D eigenvalue weighted by Crippen LogP contribution is 2.32. The van der Waals surface area contributed by atoms with E-state index >= 15 is 0 Å². The van der Waals surface area contributed by atoms with Crippen LogP contribution in [0.3, 0.4) is 0 Å². The summed E-state index contributed by atoms with van der Waals surface area (Å²) in [6.07, 6.45) is 0.530. The summed E-state index contributed by atoms with van der Waals surface area (Å²) in [6, 6.07) is 2.69. The number of benzene rings is 1. The molecule has 3 heterocycles. The number of halogens is 3. The van der Waals surface area contributed by atoms with Crippen molar-refractivity contribution < 1.29 is 22.6 Å². The fraction of sp³-hybridized carbons (Fsp3) is 0.412. The lowest BCUT2D eigenvalue weighted by atomic mass is 10.0. The van der Waals surface area contributed by atoms with Gasteiger partial charge in [0, 0.05) is 37.2 Å². The van der Waals surface area contributed by atoms with E-state index in [2.05, 4.69) is 4.98 Å². The summed E-state index contributed by atoms with van der Waals surface area (Å²) in [5.41, 5.74) is 4.95. The van der Waals surface area contributed by atoms with Gasteiger partial charge in [-0.15, -0.1) is 0 Å². The van der Waals surface area contributed by atoms with Crippen molar-refractivity contribution in [3.8, 4) is 5.88 Å². The van der Waals surface area contributed by atoms with Gasteiger partial charge in [0.25, 0.3) is 0 Å². The van der Waals surface area contributed by atoms with E-state index in [1.807, 2.05) is 4.90 Å². The molecular weight excluding hydrogens is 365 g/mol. The number of morpholine rings is 1. The molecule has 2 N–H and O–H groups in total. The number of aromatic nitrogens is 2. The summed E-state index contributed by atoms with van der Waals surface area (Å²) in [6.45, 7) is 1.27. The Morgan fingerprint density at radius 3 is 2.78 bits per heavy atom. The maximum atomic E-state index is 13.7. The van der Waals surface area contributed by atoms with Crippen LogP contribution in [0.15, 0.2) is 23.0 Å². The predicted octanol–water partition coefficient (Wildman–Crippen LogP) is 1.13. The van der Waals surface area contributed by atoms with Gasteiger partial charge < -0.3 is 20.1 Å². The molecule has 0 aliphatic carbocycles. The third kappa shape index (κ3) is 3.15. The Kier molecular flexibility index (Phi) is 4.31. The maximum Gasteiger partial charge on any atom is 0.352 e. The summed E-state index contributed by atoms with van der Waals surface area (Å²) in [5, 5.41) is 0. The number of hydrogen-bond acceptors (Lipinski definition) is 6. The molecule has 0 bridgehead atoms. The van der Waals surface area contributed by atoms with Crippen LogP contribution in [0.5, 0.6) is 5.88 Å². The highest BCUT2D eigenvalue weighted by Gasteiger charge is 2.41. The number of anilines is 1. The van der Waals surface area contributed by atoms with Crippen molar-refractivity contribution in [2.45, 2.75) is 25.2 Å². The van der Waals surface area contributed by atoms with Crippen LogP contribution < -0.4 is 21.1 Å². The van der Waals surface area contributed by atoms with Crippen molar-refractivity contribution in [1.29, 1.82) is 0 Å². The predicted molar refractivity (Wildman–Crippen MR) is 88.8 cm³/mol. The van der Waals surface area contributed by atoms with Gasteiger partial charge in [0.05, 0.1) is 13.2 Å². The van der Waals surface area contributed by atoms with Crippen LogP contribution in [0.2, 0.25) is 0 Å². The van der Waals surface area contributed by atoms with E-state index in [4.69, 9.17) is 15.2 Å². The summed E-state index contributed by atoms with van der Waals surface area (Å²) in [5.74, 6) is -2.93. The molecule has 4 rings (SSSR count). The summed E-state index contributed by atoms with van der Waals surface area (Å²) < 4.78 is 52.4. The fourth-order valence-corrected chi connectivity index (χ4v) is 3.37. The number of ether oxygens (including phenoxy) is 2. The first-order valence-corrected chi connectivity index (χ1v) is 8.40. The normalized spacial score (nSPS) is 21.6. The van der Waals surface area contributed by atoms with Gasteiger partial charge in [0.15, 0.2) is 11.6 Å². The molecule has 0 spiro atoms. The second kappa shape index (κ2) is 6.54. The zero-order valence-electron chi connectivity index (χ0n) is 14.3. The van der Waals surface area contributed by atoms with Crippen LogP contribution in [0.1, 0.15) is 12.0 Å². The number of nitrogens with two attached hydrogens (primary N) is 1. The topological polar surface area (TPSA) is 82.6 Å². The smallest absolute Gasteiger partial charge is 0.352 e. The average molecular weight is 382 g/mol. The van der Waals surface area contributed by atoms with Crippen molar-refractivity contribution in [1.82, 2.24) is 9.55 Å². The van der Waals surface area contributed by atoms with E-state index in [1.165, 1.54) is 10.6 Å². The van der Waals surface area contributed by atoms with E-state index in [-0.39, 0.29) is 11.4 Å². The molecule has 0 amide bonds. The van der Waals surface area contributed by atoms with Gasteiger partial charge in [0.1, 0.15) is 23.9 Å². The quantitative estimate of drug-likeness (QED) is 0.802. The van der Waals surface area contributed by atoms with Crippen molar-refractivity contribution in [3.63, 3.8) is 0 Å². The molecule has 1 fully saturated rings. The van der Waals surface area contributed by atoms with Gasteiger partial charge in [0.2, 0.25) is 5.88 Å². The third-order valence-corrected chi connectivity index (χ3v) is 4.82. The Morgan fingerprint density at radius 1 is 1.19 bits per heavy atom. The minimum absolute atomic E-state index is 0.0499. The van der Waals surface area contributed by atoms with Crippen LogP contribution in [-0.4, -0.2) is 35.0 Å². The lowest BCUT2D eigenvalue weighted by molar-refractivity contribution is 0.0394. The monoisotopic (exact) mass is 382 g/mol. The lowest BCUT2D eigenvalue weighted by Gasteiger charge is -2.49. The van der Waals surface area contributed by atoms with E-state index < -0.39 is 35.4 Å². The van der Waals surface area contributed by atoms with Gasteiger partial charge in [-0.25, -0.2) is 18.0 Å². The lowest BCUT2D eigenvalue weighted by Crippen LogP contribution is -2.66. The standard InChI is InChI=1S/C17H17F3N4O3/c18-11-6-13(20)12(19)5-10(11)8-27-14-7-15-23(16(25)22-14)2-1-17(21)9-26-4-3-24(15)17/h5-7H,1-4,8-9,21H2/t17-/m1/s1. The summed E-state index contributed by atoms with van der Waals surface area (Å²) in [7, 11) is 0. The first-order valence-electron chi connectivity index (χ1n) is 8.40. The van der Waals surface area contributed by atoms with Crippen LogP contribution in [-0.2, 0) is 17.9 Å². The van der Waals surface area contributed by atoms with Gasteiger partial charge >= 0.3 is 5.69 Å². The highest BCUT2D eigenvalue weighted by atomic mass is 19.2. The van der Waals surface area contributed by atoms with E-state index in [1.54, 1.807) is 0 Å². The summed E-state index contributed by atoms with van der Waals surface area (Å²) >= 11 is 0. The molecule has 2 aliphatic heterocycles. The van der Waals surface area contributed by atoms with Crippen LogP contribution in [0.4, 0.5) is 19.0 Å². The SMILES string of the molecule is N[C@]12CCn3c(cc(OCc4cc(F)c(F)cc4F)nc3=O)N1CCOC2. The van der Waals surface area contributed by atoms with Crippen molar-refractivity contribution >= 4 is 5.82 Å². The van der Waals surface area contributed by atoms with Gasteiger partial charge in [-0.05, 0) is 6.07 Å². The number of nitrogens with zero attached hydrogens (tertiary/aromatic N) is 3. The van der Waals surface area contributed by atoms with E-state index in [9.17, 15) is 18.0 Å².